The molecule has 1 saturated carbocycles. The summed E-state index contributed by atoms with van der Waals surface area (Å²) in [4.78, 5) is 11.5. The zero-order valence-electron chi connectivity index (χ0n) is 10.6. The quantitative estimate of drug-likeness (QED) is 0.829. The highest BCUT2D eigenvalue weighted by molar-refractivity contribution is 5.77. The minimum Gasteiger partial charge on any atom is -0.484 e. The number of hydrogen-bond acceptors (Lipinski definition) is 3. The van der Waals surface area contributed by atoms with Gasteiger partial charge in [0.25, 0.3) is 5.91 Å². The molecule has 0 radical (unpaired) electrons. The average Bonchev–Trinajstić information content (AvgIpc) is 2.31. The van der Waals surface area contributed by atoms with E-state index in [9.17, 15) is 9.90 Å². The number of benzene rings is 1. The van der Waals surface area contributed by atoms with Crippen LogP contribution in [0.4, 0.5) is 0 Å². The fourth-order valence-electron chi connectivity index (χ4n) is 1.93. The van der Waals surface area contributed by atoms with Gasteiger partial charge in [-0.15, -0.1) is 0 Å². The van der Waals surface area contributed by atoms with Gasteiger partial charge in [0.15, 0.2) is 6.61 Å². The number of aliphatic hydroxyl groups is 1. The zero-order valence-corrected chi connectivity index (χ0v) is 10.6. The lowest BCUT2D eigenvalue weighted by Crippen LogP contribution is -2.48. The van der Waals surface area contributed by atoms with Crippen LogP contribution in [0.15, 0.2) is 24.3 Å². The van der Waals surface area contributed by atoms with Crippen LogP contribution in [0.3, 0.4) is 0 Å². The second-order valence-electron chi connectivity index (χ2n) is 4.96. The van der Waals surface area contributed by atoms with Gasteiger partial charge in [-0.05, 0) is 43.9 Å². The Bertz CT molecular complexity index is 427. The van der Waals surface area contributed by atoms with Crippen LogP contribution in [-0.2, 0) is 4.79 Å². The predicted octanol–water partition coefficient (Wildman–Crippen LogP) is 1.41. The number of amides is 1. The summed E-state index contributed by atoms with van der Waals surface area (Å²) in [6.45, 7) is 2.28. The molecule has 0 bridgehead atoms. The summed E-state index contributed by atoms with van der Waals surface area (Å²) in [5, 5.41) is 12.5. The van der Waals surface area contributed by atoms with Crippen molar-refractivity contribution in [2.24, 2.45) is 0 Å². The van der Waals surface area contributed by atoms with E-state index in [1.807, 2.05) is 31.2 Å². The van der Waals surface area contributed by atoms with Crippen molar-refractivity contribution in [3.8, 4) is 5.75 Å². The van der Waals surface area contributed by atoms with Gasteiger partial charge in [-0.1, -0.05) is 12.1 Å². The number of carbonyl (C=O) groups excluding carboxylic acids is 1. The molecular weight excluding hydrogens is 230 g/mol. The molecule has 1 fully saturated rings. The Morgan fingerprint density at radius 3 is 2.89 bits per heavy atom. The van der Waals surface area contributed by atoms with E-state index >= 15 is 0 Å². The molecule has 0 unspecified atom stereocenters. The Morgan fingerprint density at radius 1 is 1.50 bits per heavy atom. The highest BCUT2D eigenvalue weighted by Crippen LogP contribution is 2.30. The molecule has 4 nitrogen and oxygen atoms in total. The Hall–Kier alpha value is -1.55. The topological polar surface area (TPSA) is 58.6 Å². The summed E-state index contributed by atoms with van der Waals surface area (Å²) < 4.78 is 5.37. The lowest BCUT2D eigenvalue weighted by Gasteiger charge is -2.36. The lowest BCUT2D eigenvalue weighted by molar-refractivity contribution is -0.125. The van der Waals surface area contributed by atoms with Crippen LogP contribution in [0.25, 0.3) is 0 Å². The monoisotopic (exact) mass is 249 g/mol. The van der Waals surface area contributed by atoms with Crippen molar-refractivity contribution >= 4 is 5.91 Å². The van der Waals surface area contributed by atoms with Gasteiger partial charge >= 0.3 is 0 Å². The first-order valence-electron chi connectivity index (χ1n) is 6.26. The highest BCUT2D eigenvalue weighted by Gasteiger charge is 2.34. The molecule has 1 aromatic rings. The van der Waals surface area contributed by atoms with Gasteiger partial charge in [0, 0.05) is 6.54 Å². The third-order valence-corrected chi connectivity index (χ3v) is 3.26. The van der Waals surface area contributed by atoms with Crippen molar-refractivity contribution in [2.75, 3.05) is 13.2 Å². The molecule has 0 spiro atoms. The maximum absolute atomic E-state index is 11.5. The van der Waals surface area contributed by atoms with Crippen molar-refractivity contribution in [1.82, 2.24) is 5.32 Å². The Labute approximate surface area is 107 Å². The van der Waals surface area contributed by atoms with E-state index in [0.717, 1.165) is 24.8 Å². The van der Waals surface area contributed by atoms with Crippen molar-refractivity contribution in [1.29, 1.82) is 0 Å². The third-order valence-electron chi connectivity index (χ3n) is 3.26. The first-order valence-corrected chi connectivity index (χ1v) is 6.26. The molecule has 0 saturated heterocycles. The van der Waals surface area contributed by atoms with E-state index < -0.39 is 5.60 Å². The van der Waals surface area contributed by atoms with E-state index in [2.05, 4.69) is 5.32 Å². The molecule has 0 aliphatic heterocycles. The summed E-state index contributed by atoms with van der Waals surface area (Å²) in [6.07, 6.45) is 2.57. The largest absolute Gasteiger partial charge is 0.484 e. The van der Waals surface area contributed by atoms with Gasteiger partial charge in [0.2, 0.25) is 0 Å². The number of nitrogens with one attached hydrogen (secondary N) is 1. The minimum atomic E-state index is -0.682. The number of aryl methyl sites for hydroxylation is 1. The average molecular weight is 249 g/mol. The Kier molecular flexibility index (Phi) is 3.87. The van der Waals surface area contributed by atoms with E-state index in [4.69, 9.17) is 4.74 Å². The predicted molar refractivity (Wildman–Crippen MR) is 68.5 cm³/mol. The van der Waals surface area contributed by atoms with E-state index in [-0.39, 0.29) is 12.5 Å². The highest BCUT2D eigenvalue weighted by atomic mass is 16.5. The molecule has 2 N–H and O–H groups in total. The van der Waals surface area contributed by atoms with Crippen molar-refractivity contribution < 1.29 is 14.6 Å². The maximum atomic E-state index is 11.5. The first kappa shape index (κ1) is 12.9. The smallest absolute Gasteiger partial charge is 0.258 e. The molecular formula is C14H19NO3. The second-order valence-corrected chi connectivity index (χ2v) is 4.96. The molecule has 0 heterocycles. The second kappa shape index (κ2) is 5.40. The summed E-state index contributed by atoms with van der Waals surface area (Å²) in [6, 6.07) is 7.56. The van der Waals surface area contributed by atoms with Crippen LogP contribution in [0.1, 0.15) is 24.8 Å². The Morgan fingerprint density at radius 2 is 2.28 bits per heavy atom. The molecule has 1 amide bonds. The van der Waals surface area contributed by atoms with Crippen molar-refractivity contribution in [3.63, 3.8) is 0 Å². The SMILES string of the molecule is Cc1cccc(OCC(=O)NCC2(O)CCC2)c1. The van der Waals surface area contributed by atoms with Crippen LogP contribution >= 0.6 is 0 Å². The molecule has 1 aliphatic carbocycles. The lowest BCUT2D eigenvalue weighted by atomic mass is 9.80. The maximum Gasteiger partial charge on any atom is 0.258 e. The summed E-state index contributed by atoms with van der Waals surface area (Å²) in [7, 11) is 0. The molecule has 1 aliphatic rings. The number of carbonyl (C=O) groups is 1. The molecule has 98 valence electrons. The Balaban J connectivity index is 1.71. The molecule has 4 heteroatoms. The van der Waals surface area contributed by atoms with Gasteiger partial charge in [-0.3, -0.25) is 4.79 Å². The zero-order chi connectivity index (χ0) is 13.0. The van der Waals surface area contributed by atoms with E-state index in [1.54, 1.807) is 0 Å². The van der Waals surface area contributed by atoms with E-state index in [1.165, 1.54) is 0 Å². The van der Waals surface area contributed by atoms with Gasteiger partial charge in [-0.25, -0.2) is 0 Å². The molecule has 1 aromatic carbocycles. The van der Waals surface area contributed by atoms with Gasteiger partial charge in [0.05, 0.1) is 5.60 Å². The summed E-state index contributed by atoms with van der Waals surface area (Å²) >= 11 is 0. The summed E-state index contributed by atoms with van der Waals surface area (Å²) in [5.74, 6) is 0.490. The van der Waals surface area contributed by atoms with Gasteiger partial charge in [-0.2, -0.15) is 0 Å². The summed E-state index contributed by atoms with van der Waals surface area (Å²) in [5.41, 5.74) is 0.413. The standard InChI is InChI=1S/C14H19NO3/c1-11-4-2-5-12(8-11)18-9-13(16)15-10-14(17)6-3-7-14/h2,4-5,8,17H,3,6-7,9-10H2,1H3,(H,15,16). The minimum absolute atomic E-state index is 0.0144. The van der Waals surface area contributed by atoms with Crippen LogP contribution in [0, 0.1) is 6.92 Å². The normalized spacial score (nSPS) is 16.8. The van der Waals surface area contributed by atoms with Crippen LogP contribution < -0.4 is 10.1 Å². The molecule has 18 heavy (non-hydrogen) atoms. The fraction of sp³-hybridized carbons (Fsp3) is 0.500. The molecule has 0 atom stereocenters. The fourth-order valence-corrected chi connectivity index (χ4v) is 1.93. The first-order chi connectivity index (χ1) is 8.57. The number of rotatable bonds is 5. The molecule has 2 rings (SSSR count). The van der Waals surface area contributed by atoms with Crippen LogP contribution in [0.5, 0.6) is 5.75 Å². The van der Waals surface area contributed by atoms with Gasteiger partial charge in [0.1, 0.15) is 5.75 Å². The number of hydrogen-bond donors (Lipinski definition) is 2. The molecule has 0 aromatic heterocycles. The van der Waals surface area contributed by atoms with Gasteiger partial charge < -0.3 is 15.2 Å². The van der Waals surface area contributed by atoms with Crippen LogP contribution in [0.2, 0.25) is 0 Å². The number of ether oxygens (including phenoxy) is 1. The van der Waals surface area contributed by atoms with Crippen molar-refractivity contribution in [3.05, 3.63) is 29.8 Å². The van der Waals surface area contributed by atoms with Crippen LogP contribution in [-0.4, -0.2) is 29.8 Å². The van der Waals surface area contributed by atoms with E-state index in [0.29, 0.717) is 12.3 Å². The van der Waals surface area contributed by atoms with Crippen molar-refractivity contribution in [2.45, 2.75) is 31.8 Å². The third kappa shape index (κ3) is 3.47.